The van der Waals surface area contributed by atoms with Gasteiger partial charge in [0, 0.05) is 19.3 Å². The summed E-state index contributed by atoms with van der Waals surface area (Å²) in [6, 6.07) is 0. The average Bonchev–Trinajstić information content (AvgIpc) is 3.20. The monoisotopic (exact) mass is 589 g/mol. The number of carboxylic acid groups (broad SMARTS) is 1. The first-order valence-electron chi connectivity index (χ1n) is 17.0. The van der Waals surface area contributed by atoms with Crippen LogP contribution in [0.3, 0.4) is 0 Å². The zero-order valence-electron chi connectivity index (χ0n) is 28.4. The predicted molar refractivity (Wildman–Crippen MR) is 167 cm³/mol. The molecule has 0 aromatic heterocycles. The summed E-state index contributed by atoms with van der Waals surface area (Å²) in [6.07, 6.45) is 16.3. The van der Waals surface area contributed by atoms with E-state index in [0.29, 0.717) is 21.9 Å². The Bertz CT molecular complexity index is 937. The topological polar surface area (TPSA) is 86.7 Å². The summed E-state index contributed by atoms with van der Waals surface area (Å²) < 4.78 is 5.39. The standard InChI is InChI=1S/C27H46O.C9H17NO4/c1-18(2)7-6-8-19(3)23-11-12-24-22-10-9-20-17-21(28)13-15-26(20,4)25(22)14-16-27(23,24)5;1-7(11)14-8(5-9(12)13)6-10(2,3)4/h9,18-19,21-25,28H,6-8,10-17H2,1-5H3;8H,5-6H2,1-4H3/t19-,21+,22+,23-,24+,25+,26+,27-;/m1./s1. The fourth-order valence-electron chi connectivity index (χ4n) is 9.84. The summed E-state index contributed by atoms with van der Waals surface area (Å²) in [5.41, 5.74) is 2.60. The minimum atomic E-state index is -1.20. The average molecular weight is 590 g/mol. The van der Waals surface area contributed by atoms with E-state index in [4.69, 9.17) is 4.74 Å². The molecule has 4 aliphatic carbocycles. The molecule has 242 valence electrons. The molecule has 0 radical (unpaired) electrons. The Hall–Kier alpha value is -1.40. The molecule has 6 nitrogen and oxygen atoms in total. The summed E-state index contributed by atoms with van der Waals surface area (Å²) in [4.78, 5) is 21.0. The number of aliphatic hydroxyl groups excluding tert-OH is 1. The van der Waals surface area contributed by atoms with Gasteiger partial charge in [-0.05, 0) is 97.7 Å². The number of nitrogens with zero attached hydrogens (tertiary/aromatic N) is 1. The Morgan fingerprint density at radius 3 is 2.33 bits per heavy atom. The molecule has 0 aromatic rings. The van der Waals surface area contributed by atoms with Gasteiger partial charge in [-0.3, -0.25) is 4.79 Å². The molecule has 0 saturated heterocycles. The number of allylic oxidation sites excluding steroid dienone is 1. The number of hydrogen-bond acceptors (Lipinski definition) is 5. The molecule has 4 aliphatic rings. The van der Waals surface area contributed by atoms with E-state index in [1.807, 2.05) is 21.1 Å². The van der Waals surface area contributed by atoms with Crippen LogP contribution in [0.5, 0.6) is 0 Å². The first-order chi connectivity index (χ1) is 19.5. The molecule has 0 bridgehead atoms. The van der Waals surface area contributed by atoms with Crippen LogP contribution in [0, 0.1) is 46.3 Å². The van der Waals surface area contributed by atoms with Crippen LogP contribution in [0.2, 0.25) is 0 Å². The van der Waals surface area contributed by atoms with Gasteiger partial charge in [0.1, 0.15) is 6.54 Å². The van der Waals surface area contributed by atoms with E-state index in [9.17, 15) is 19.8 Å². The second kappa shape index (κ2) is 14.1. The summed E-state index contributed by atoms with van der Waals surface area (Å²) >= 11 is 0. The van der Waals surface area contributed by atoms with Gasteiger partial charge in [0.25, 0.3) is 0 Å². The van der Waals surface area contributed by atoms with Crippen molar-refractivity contribution in [2.24, 2.45) is 46.3 Å². The van der Waals surface area contributed by atoms with E-state index >= 15 is 0 Å². The Labute approximate surface area is 257 Å². The van der Waals surface area contributed by atoms with Crippen molar-refractivity contribution in [3.63, 3.8) is 0 Å². The number of hydrogen-bond donors (Lipinski definition) is 1. The lowest BCUT2D eigenvalue weighted by Crippen LogP contribution is -2.50. The fraction of sp³-hybridized carbons (Fsp3) is 0.889. The number of carbonyl (C=O) groups is 2. The van der Waals surface area contributed by atoms with Crippen LogP contribution in [-0.2, 0) is 14.3 Å². The van der Waals surface area contributed by atoms with Crippen molar-refractivity contribution < 1.29 is 29.0 Å². The van der Waals surface area contributed by atoms with E-state index in [1.54, 1.807) is 5.57 Å². The molecule has 0 aliphatic heterocycles. The molecule has 0 amide bonds. The molecule has 9 atom stereocenters. The van der Waals surface area contributed by atoms with E-state index in [1.165, 1.54) is 64.7 Å². The van der Waals surface area contributed by atoms with Crippen molar-refractivity contribution in [2.45, 2.75) is 131 Å². The van der Waals surface area contributed by atoms with Gasteiger partial charge in [-0.1, -0.05) is 65.5 Å². The maximum atomic E-state index is 10.7. The van der Waals surface area contributed by atoms with Gasteiger partial charge in [0.2, 0.25) is 0 Å². The molecule has 0 aromatic carbocycles. The lowest BCUT2D eigenvalue weighted by molar-refractivity contribution is -0.873. The predicted octanol–water partition coefficient (Wildman–Crippen LogP) is 6.15. The van der Waals surface area contributed by atoms with Crippen LogP contribution in [-0.4, -0.2) is 61.4 Å². The number of aliphatic hydroxyl groups is 1. The first kappa shape index (κ1) is 35.1. The van der Waals surface area contributed by atoms with Gasteiger partial charge in [-0.25, -0.2) is 0 Å². The highest BCUT2D eigenvalue weighted by Crippen LogP contribution is 2.67. The highest BCUT2D eigenvalue weighted by atomic mass is 16.5. The van der Waals surface area contributed by atoms with E-state index in [2.05, 4.69) is 40.7 Å². The number of fused-ring (bicyclic) bond motifs is 5. The van der Waals surface area contributed by atoms with Gasteiger partial charge in [0.15, 0.2) is 6.10 Å². The lowest BCUT2D eigenvalue weighted by atomic mass is 9.47. The van der Waals surface area contributed by atoms with Crippen molar-refractivity contribution in [3.8, 4) is 0 Å². The molecule has 0 spiro atoms. The SMILES string of the molecule is CC(=O)OC(CC(=O)[O-])C[N+](C)(C)C.CC(C)CCC[C@@H](C)[C@H]1CC[C@H]2[C@@H]3CC=C4C[C@@H](O)CC[C@]4(C)[C@H]3CC[C@]12C. The quantitative estimate of drug-likeness (QED) is 0.188. The molecule has 3 saturated carbocycles. The molecule has 42 heavy (non-hydrogen) atoms. The van der Waals surface area contributed by atoms with Crippen molar-refractivity contribution in [3.05, 3.63) is 11.6 Å². The van der Waals surface area contributed by atoms with Crippen LogP contribution >= 0.6 is 0 Å². The summed E-state index contributed by atoms with van der Waals surface area (Å²) in [6.45, 7) is 14.3. The molecular weight excluding hydrogens is 526 g/mol. The second-order valence-corrected chi connectivity index (χ2v) is 16.5. The van der Waals surface area contributed by atoms with Crippen LogP contribution in [0.25, 0.3) is 0 Å². The summed E-state index contributed by atoms with van der Waals surface area (Å²) in [5, 5.41) is 20.6. The minimum Gasteiger partial charge on any atom is -0.550 e. The highest BCUT2D eigenvalue weighted by molar-refractivity contribution is 5.68. The lowest BCUT2D eigenvalue weighted by Gasteiger charge is -2.58. The van der Waals surface area contributed by atoms with E-state index in [0.717, 1.165) is 48.3 Å². The maximum Gasteiger partial charge on any atom is 0.303 e. The number of carbonyl (C=O) groups excluding carboxylic acids is 2. The third kappa shape index (κ3) is 8.61. The number of aliphatic carboxylic acids is 1. The van der Waals surface area contributed by atoms with E-state index < -0.39 is 18.0 Å². The van der Waals surface area contributed by atoms with Crippen LogP contribution in [0.15, 0.2) is 11.6 Å². The number of ether oxygens (including phenoxy) is 1. The number of esters is 1. The van der Waals surface area contributed by atoms with Gasteiger partial charge in [-0.15, -0.1) is 0 Å². The van der Waals surface area contributed by atoms with E-state index in [-0.39, 0.29) is 12.5 Å². The van der Waals surface area contributed by atoms with Crippen LogP contribution < -0.4 is 5.11 Å². The minimum absolute atomic E-state index is 0.0766. The second-order valence-electron chi connectivity index (χ2n) is 16.5. The molecule has 3 fully saturated rings. The van der Waals surface area contributed by atoms with Crippen LogP contribution in [0.4, 0.5) is 0 Å². The fourth-order valence-corrected chi connectivity index (χ4v) is 9.84. The number of rotatable bonds is 10. The normalized spacial score (nSPS) is 35.5. The summed E-state index contributed by atoms with van der Waals surface area (Å²) in [7, 11) is 5.68. The number of quaternary nitrogens is 1. The largest absolute Gasteiger partial charge is 0.550 e. The Morgan fingerprint density at radius 1 is 1.05 bits per heavy atom. The number of likely N-dealkylation sites (N-methyl/N-ethyl adjacent to an activating group) is 1. The Balaban J connectivity index is 0.000000295. The molecule has 4 rings (SSSR count). The molecule has 0 heterocycles. The molecular formula is C36H63NO5. The van der Waals surface area contributed by atoms with Crippen molar-refractivity contribution in [1.82, 2.24) is 0 Å². The Kier molecular flexibility index (Phi) is 11.8. The van der Waals surface area contributed by atoms with Crippen molar-refractivity contribution >= 4 is 11.9 Å². The highest BCUT2D eigenvalue weighted by Gasteiger charge is 2.59. The Morgan fingerprint density at radius 2 is 1.74 bits per heavy atom. The zero-order valence-corrected chi connectivity index (χ0v) is 28.4. The van der Waals surface area contributed by atoms with Crippen molar-refractivity contribution in [2.75, 3.05) is 27.7 Å². The maximum absolute atomic E-state index is 10.7. The third-order valence-electron chi connectivity index (χ3n) is 11.8. The zero-order chi connectivity index (χ0) is 31.5. The number of carboxylic acids is 1. The first-order valence-corrected chi connectivity index (χ1v) is 17.0. The van der Waals surface area contributed by atoms with Crippen molar-refractivity contribution in [1.29, 1.82) is 0 Å². The molecule has 6 heteroatoms. The van der Waals surface area contributed by atoms with Gasteiger partial charge in [-0.2, -0.15) is 0 Å². The smallest absolute Gasteiger partial charge is 0.303 e. The third-order valence-corrected chi connectivity index (χ3v) is 11.8. The summed E-state index contributed by atoms with van der Waals surface area (Å²) in [5.74, 6) is 3.79. The van der Waals surface area contributed by atoms with Gasteiger partial charge < -0.3 is 24.2 Å². The van der Waals surface area contributed by atoms with Gasteiger partial charge in [0.05, 0.1) is 27.2 Å². The molecule has 1 N–H and O–H groups in total. The van der Waals surface area contributed by atoms with Gasteiger partial charge >= 0.3 is 5.97 Å². The van der Waals surface area contributed by atoms with Crippen LogP contribution in [0.1, 0.15) is 119 Å². The molecule has 1 unspecified atom stereocenters.